The van der Waals surface area contributed by atoms with Crippen LogP contribution < -0.4 is 10.6 Å². The lowest BCUT2D eigenvalue weighted by Crippen LogP contribution is -2.49. The van der Waals surface area contributed by atoms with Crippen LogP contribution in [0.4, 0.5) is 4.79 Å². The topological polar surface area (TPSA) is 122 Å². The van der Waals surface area contributed by atoms with Crippen molar-refractivity contribution in [1.29, 1.82) is 0 Å². The summed E-state index contributed by atoms with van der Waals surface area (Å²) in [5.41, 5.74) is 4.35. The molecular formula is C22H22N2O6. The maximum atomic E-state index is 12.2. The molecule has 3 N–H and O–H groups in total. The number of nitrogens with one attached hydrogen (secondary N) is 2. The Bertz CT molecular complexity index is 928. The number of carbonyl (C=O) groups excluding carboxylic acids is 3. The minimum atomic E-state index is -1.22. The average Bonchev–Trinajstić information content (AvgIpc) is 3.05. The van der Waals surface area contributed by atoms with Gasteiger partial charge in [-0.15, -0.1) is 0 Å². The van der Waals surface area contributed by atoms with Crippen LogP contribution in [-0.4, -0.2) is 48.1 Å². The third-order valence-electron chi connectivity index (χ3n) is 4.96. The van der Waals surface area contributed by atoms with Crippen molar-refractivity contribution in [2.24, 2.45) is 0 Å². The Hall–Kier alpha value is -3.68. The molecule has 8 nitrogen and oxygen atoms in total. The Labute approximate surface area is 173 Å². The number of alkyl carbamates (subject to hydrolysis) is 1. The van der Waals surface area contributed by atoms with E-state index in [0.29, 0.717) is 6.29 Å². The van der Waals surface area contributed by atoms with Crippen molar-refractivity contribution in [3.8, 4) is 11.1 Å². The van der Waals surface area contributed by atoms with E-state index in [1.165, 1.54) is 6.92 Å². The quantitative estimate of drug-likeness (QED) is 0.573. The van der Waals surface area contributed by atoms with Gasteiger partial charge in [-0.25, -0.2) is 4.79 Å². The van der Waals surface area contributed by atoms with Crippen LogP contribution in [0.5, 0.6) is 0 Å². The molecule has 2 atom stereocenters. The van der Waals surface area contributed by atoms with Gasteiger partial charge < -0.3 is 25.3 Å². The Kier molecular flexibility index (Phi) is 6.46. The van der Waals surface area contributed by atoms with Crippen LogP contribution in [0, 0.1) is 0 Å². The zero-order chi connectivity index (χ0) is 21.7. The molecular weight excluding hydrogens is 388 g/mol. The molecule has 1 unspecified atom stereocenters. The van der Waals surface area contributed by atoms with Gasteiger partial charge in [0.25, 0.3) is 0 Å². The lowest BCUT2D eigenvalue weighted by molar-refractivity contribution is -0.138. The number of benzene rings is 2. The molecule has 8 heteroatoms. The van der Waals surface area contributed by atoms with Crippen LogP contribution >= 0.6 is 0 Å². The molecule has 0 bridgehead atoms. The van der Waals surface area contributed by atoms with Gasteiger partial charge in [0, 0.05) is 5.92 Å². The van der Waals surface area contributed by atoms with Crippen molar-refractivity contribution in [2.75, 3.05) is 6.61 Å². The van der Waals surface area contributed by atoms with Gasteiger partial charge in [-0.05, 0) is 29.2 Å². The van der Waals surface area contributed by atoms with Gasteiger partial charge in [-0.1, -0.05) is 48.5 Å². The number of ether oxygens (including phenoxy) is 1. The number of hydrogen-bond donors (Lipinski definition) is 3. The average molecular weight is 410 g/mol. The van der Waals surface area contributed by atoms with Crippen molar-refractivity contribution in [3.05, 3.63) is 59.7 Å². The summed E-state index contributed by atoms with van der Waals surface area (Å²) < 4.78 is 5.36. The molecule has 0 saturated carbocycles. The number of amides is 2. The number of aliphatic carboxylic acids is 1. The normalized spacial score (nSPS) is 14.0. The van der Waals surface area contributed by atoms with Gasteiger partial charge in [0.2, 0.25) is 5.91 Å². The summed E-state index contributed by atoms with van der Waals surface area (Å²) in [6.07, 6.45) is -0.973. The second-order valence-corrected chi connectivity index (χ2v) is 7.04. The van der Waals surface area contributed by atoms with Crippen LogP contribution in [0.3, 0.4) is 0 Å². The van der Waals surface area contributed by atoms with Gasteiger partial charge >= 0.3 is 12.1 Å². The second-order valence-electron chi connectivity index (χ2n) is 7.04. The molecule has 1 aliphatic rings. The van der Waals surface area contributed by atoms with Crippen molar-refractivity contribution >= 4 is 24.3 Å². The van der Waals surface area contributed by atoms with Gasteiger partial charge in [0.05, 0.1) is 12.5 Å². The molecule has 2 amide bonds. The van der Waals surface area contributed by atoms with Crippen LogP contribution in [0.25, 0.3) is 11.1 Å². The van der Waals surface area contributed by atoms with Crippen LogP contribution in [-0.2, 0) is 19.1 Å². The third-order valence-corrected chi connectivity index (χ3v) is 4.96. The first kappa shape index (κ1) is 21.0. The van der Waals surface area contributed by atoms with Crippen molar-refractivity contribution < 1.29 is 29.0 Å². The fourth-order valence-electron chi connectivity index (χ4n) is 3.51. The van der Waals surface area contributed by atoms with Gasteiger partial charge in [-0.3, -0.25) is 9.59 Å². The Balaban J connectivity index is 1.58. The highest BCUT2D eigenvalue weighted by Gasteiger charge is 2.29. The van der Waals surface area contributed by atoms with Crippen molar-refractivity contribution in [1.82, 2.24) is 10.6 Å². The summed E-state index contributed by atoms with van der Waals surface area (Å²) in [7, 11) is 0. The van der Waals surface area contributed by atoms with E-state index in [-0.39, 0.29) is 12.5 Å². The van der Waals surface area contributed by atoms with Gasteiger partial charge in [0.15, 0.2) is 0 Å². The van der Waals surface area contributed by atoms with E-state index in [2.05, 4.69) is 10.6 Å². The molecule has 156 valence electrons. The highest BCUT2D eigenvalue weighted by atomic mass is 16.5. The molecule has 0 aromatic heterocycles. The molecule has 0 heterocycles. The molecule has 3 rings (SSSR count). The monoisotopic (exact) mass is 410 g/mol. The summed E-state index contributed by atoms with van der Waals surface area (Å²) >= 11 is 0. The molecule has 0 radical (unpaired) electrons. The Morgan fingerprint density at radius 1 is 1.03 bits per heavy atom. The molecule has 0 spiro atoms. The number of aldehydes is 1. The molecule has 30 heavy (non-hydrogen) atoms. The smallest absolute Gasteiger partial charge is 0.407 e. The van der Waals surface area contributed by atoms with Crippen molar-refractivity contribution in [3.63, 3.8) is 0 Å². The number of carboxylic acids is 1. The lowest BCUT2D eigenvalue weighted by atomic mass is 9.98. The maximum absolute atomic E-state index is 12.2. The van der Waals surface area contributed by atoms with Crippen molar-refractivity contribution in [2.45, 2.75) is 31.3 Å². The molecule has 0 fully saturated rings. The predicted molar refractivity (Wildman–Crippen MR) is 108 cm³/mol. The molecule has 0 aliphatic heterocycles. The van der Waals surface area contributed by atoms with Gasteiger partial charge in [-0.2, -0.15) is 0 Å². The largest absolute Gasteiger partial charge is 0.481 e. The second kappa shape index (κ2) is 9.21. The highest BCUT2D eigenvalue weighted by molar-refractivity contribution is 5.88. The van der Waals surface area contributed by atoms with E-state index in [1.54, 1.807) is 0 Å². The SMILES string of the molecule is CC(NC(=O)OCC1c2ccccc2-c2ccccc21)C(=O)N[C@H](C=O)CC(=O)O. The van der Waals surface area contributed by atoms with Crippen LogP contribution in [0.1, 0.15) is 30.4 Å². The first-order chi connectivity index (χ1) is 14.4. The molecule has 0 saturated heterocycles. The first-order valence-corrected chi connectivity index (χ1v) is 9.49. The standard InChI is InChI=1S/C22H22N2O6/c1-13(21(28)24-14(11-25)10-20(26)27)23-22(29)30-12-19-17-8-4-2-6-15(17)16-7-3-5-9-18(16)19/h2-9,11,13-14,19H,10,12H2,1H3,(H,23,29)(H,24,28)(H,26,27)/t13?,14-/m0/s1. The van der Waals surface area contributed by atoms with E-state index >= 15 is 0 Å². The van der Waals surface area contributed by atoms with Gasteiger partial charge in [0.1, 0.15) is 18.9 Å². The number of rotatable bonds is 8. The van der Waals surface area contributed by atoms with E-state index < -0.39 is 36.5 Å². The summed E-state index contributed by atoms with van der Waals surface area (Å²) in [6.45, 7) is 1.52. The zero-order valence-corrected chi connectivity index (χ0v) is 16.3. The van der Waals surface area contributed by atoms with E-state index in [1.807, 2.05) is 48.5 Å². The van der Waals surface area contributed by atoms with Crippen LogP contribution in [0.15, 0.2) is 48.5 Å². The number of hydrogen-bond acceptors (Lipinski definition) is 5. The fraction of sp³-hybridized carbons (Fsp3) is 0.273. The number of carbonyl (C=O) groups is 4. The number of carboxylic acid groups (broad SMARTS) is 1. The maximum Gasteiger partial charge on any atom is 0.407 e. The summed E-state index contributed by atoms with van der Waals surface area (Å²) in [6, 6.07) is 13.7. The third kappa shape index (κ3) is 4.65. The minimum absolute atomic E-state index is 0.101. The minimum Gasteiger partial charge on any atom is -0.481 e. The fourth-order valence-corrected chi connectivity index (χ4v) is 3.51. The molecule has 2 aromatic rings. The highest BCUT2D eigenvalue weighted by Crippen LogP contribution is 2.44. The predicted octanol–water partition coefficient (Wildman–Crippen LogP) is 2.07. The summed E-state index contributed by atoms with van der Waals surface area (Å²) in [5, 5.41) is 13.4. The molecule has 1 aliphatic carbocycles. The summed E-state index contributed by atoms with van der Waals surface area (Å²) in [4.78, 5) is 45.8. The lowest BCUT2D eigenvalue weighted by Gasteiger charge is -2.18. The Morgan fingerprint density at radius 3 is 2.13 bits per heavy atom. The molecule has 2 aromatic carbocycles. The Morgan fingerprint density at radius 2 is 1.60 bits per heavy atom. The summed E-state index contributed by atoms with van der Waals surface area (Å²) in [5.74, 6) is -2.01. The number of fused-ring (bicyclic) bond motifs is 3. The van der Waals surface area contributed by atoms with E-state index in [9.17, 15) is 19.2 Å². The van der Waals surface area contributed by atoms with E-state index in [4.69, 9.17) is 9.84 Å². The van der Waals surface area contributed by atoms with Crippen LogP contribution in [0.2, 0.25) is 0 Å². The first-order valence-electron chi connectivity index (χ1n) is 9.49. The zero-order valence-electron chi connectivity index (χ0n) is 16.3. The van der Waals surface area contributed by atoms with E-state index in [0.717, 1.165) is 22.3 Å².